The van der Waals surface area contributed by atoms with Crippen molar-refractivity contribution in [2.75, 3.05) is 39.8 Å². The monoisotopic (exact) mass is 479 g/mol. The Labute approximate surface area is 201 Å². The average molecular weight is 480 g/mol. The minimum Gasteiger partial charge on any atom is -0.440 e. The quantitative estimate of drug-likeness (QED) is 0.562. The lowest BCUT2D eigenvalue weighted by atomic mass is 9.89. The number of carbonyl (C=O) groups is 2. The van der Waals surface area contributed by atoms with Gasteiger partial charge in [-0.15, -0.1) is 0 Å². The molecule has 0 radical (unpaired) electrons. The highest BCUT2D eigenvalue weighted by Crippen LogP contribution is 2.39. The van der Waals surface area contributed by atoms with Crippen molar-refractivity contribution in [3.63, 3.8) is 0 Å². The number of likely N-dealkylation sites (tertiary alicyclic amines) is 2. The fraction of sp³-hybridized carbons (Fsp3) is 0.870. The predicted octanol–water partition coefficient (Wildman–Crippen LogP) is 0.546. The third-order valence-electron chi connectivity index (χ3n) is 7.32. The summed E-state index contributed by atoms with van der Waals surface area (Å²) in [6.45, 7) is 8.90. The summed E-state index contributed by atoms with van der Waals surface area (Å²) in [7, 11) is 1.52. The van der Waals surface area contributed by atoms with Gasteiger partial charge in [0.2, 0.25) is 5.91 Å². The number of rotatable bonds is 6. The van der Waals surface area contributed by atoms with Gasteiger partial charge in [0.15, 0.2) is 24.3 Å². The average Bonchev–Trinajstić information content (AvgIpc) is 3.47. The van der Waals surface area contributed by atoms with Crippen molar-refractivity contribution in [1.82, 2.24) is 20.4 Å². The Morgan fingerprint density at radius 2 is 1.91 bits per heavy atom. The summed E-state index contributed by atoms with van der Waals surface area (Å²) in [5.74, 6) is -0.793. The van der Waals surface area contributed by atoms with Gasteiger partial charge >= 0.3 is 6.09 Å². The fourth-order valence-corrected chi connectivity index (χ4v) is 5.27. The van der Waals surface area contributed by atoms with Gasteiger partial charge in [-0.25, -0.2) is 4.79 Å². The molecular formula is C23H37N5O6. The zero-order chi connectivity index (χ0) is 24.5. The number of alkyl carbamates (subject to hydrolysis) is 1. The number of hydrogen-bond donors (Lipinski definition) is 2. The normalized spacial score (nSPS) is 34.4. The molecule has 0 bridgehead atoms. The van der Waals surface area contributed by atoms with E-state index in [0.717, 1.165) is 38.8 Å². The third kappa shape index (κ3) is 5.47. The van der Waals surface area contributed by atoms with E-state index in [1.54, 1.807) is 4.90 Å². The van der Waals surface area contributed by atoms with Gasteiger partial charge in [0.1, 0.15) is 12.1 Å². The van der Waals surface area contributed by atoms with E-state index in [1.165, 1.54) is 7.05 Å². The molecule has 5 atom stereocenters. The van der Waals surface area contributed by atoms with E-state index in [4.69, 9.17) is 18.9 Å². The lowest BCUT2D eigenvalue weighted by molar-refractivity contribution is -0.216. The number of nitrogens with one attached hydrogen (secondary N) is 2. The number of nitrogens with zero attached hydrogens (tertiary/aromatic N) is 3. The van der Waals surface area contributed by atoms with Gasteiger partial charge in [-0.3, -0.25) is 4.79 Å². The van der Waals surface area contributed by atoms with E-state index in [0.29, 0.717) is 13.1 Å². The minimum absolute atomic E-state index is 0.00397. The van der Waals surface area contributed by atoms with Crippen LogP contribution in [0.2, 0.25) is 0 Å². The molecule has 190 valence electrons. The topological polar surface area (TPSA) is 125 Å². The van der Waals surface area contributed by atoms with E-state index in [1.807, 2.05) is 13.8 Å². The maximum Gasteiger partial charge on any atom is 0.407 e. The summed E-state index contributed by atoms with van der Waals surface area (Å²) in [5, 5.41) is 15.2. The first kappa shape index (κ1) is 25.1. The molecule has 0 aromatic rings. The van der Waals surface area contributed by atoms with Gasteiger partial charge in [-0.05, 0) is 59.5 Å². The van der Waals surface area contributed by atoms with Crippen LogP contribution < -0.4 is 10.6 Å². The maximum atomic E-state index is 12.6. The molecule has 11 nitrogen and oxygen atoms in total. The molecular weight excluding hydrogens is 442 g/mol. The molecule has 4 aliphatic heterocycles. The summed E-state index contributed by atoms with van der Waals surface area (Å²) in [6, 6.07) is 1.93. The molecule has 0 aromatic heterocycles. The van der Waals surface area contributed by atoms with Gasteiger partial charge in [-0.1, -0.05) is 0 Å². The molecule has 4 heterocycles. The number of fused-ring (bicyclic) bond motifs is 1. The Morgan fingerprint density at radius 1 is 1.18 bits per heavy atom. The first-order valence-electron chi connectivity index (χ1n) is 12.2. The van der Waals surface area contributed by atoms with Crippen LogP contribution in [0.3, 0.4) is 0 Å². The highest BCUT2D eigenvalue weighted by molar-refractivity contribution is 5.79. The summed E-state index contributed by atoms with van der Waals surface area (Å²) in [4.78, 5) is 28.5. The first-order valence-corrected chi connectivity index (χ1v) is 12.2. The predicted molar refractivity (Wildman–Crippen MR) is 120 cm³/mol. The Hall–Kier alpha value is -1.97. The highest BCUT2D eigenvalue weighted by Gasteiger charge is 2.56. The van der Waals surface area contributed by atoms with Crippen molar-refractivity contribution in [2.24, 2.45) is 0 Å². The molecule has 2 N–H and O–H groups in total. The largest absolute Gasteiger partial charge is 0.440 e. The molecule has 0 spiro atoms. The smallest absolute Gasteiger partial charge is 0.407 e. The van der Waals surface area contributed by atoms with Crippen LogP contribution in [0.15, 0.2) is 0 Å². The van der Waals surface area contributed by atoms with Crippen molar-refractivity contribution in [2.45, 2.75) is 88.4 Å². The molecule has 2 amide bonds. The fourth-order valence-electron chi connectivity index (χ4n) is 5.27. The van der Waals surface area contributed by atoms with Crippen molar-refractivity contribution < 1.29 is 28.5 Å². The molecule has 0 saturated carbocycles. The third-order valence-corrected chi connectivity index (χ3v) is 7.32. The van der Waals surface area contributed by atoms with Crippen LogP contribution in [0.1, 0.15) is 46.5 Å². The van der Waals surface area contributed by atoms with Crippen LogP contribution in [0.25, 0.3) is 0 Å². The van der Waals surface area contributed by atoms with E-state index >= 15 is 0 Å². The van der Waals surface area contributed by atoms with Crippen LogP contribution in [0, 0.1) is 11.3 Å². The molecule has 4 fully saturated rings. The van der Waals surface area contributed by atoms with Gasteiger partial charge in [0, 0.05) is 25.7 Å². The van der Waals surface area contributed by atoms with Crippen molar-refractivity contribution in [3.8, 4) is 6.07 Å². The van der Waals surface area contributed by atoms with Crippen molar-refractivity contribution >= 4 is 12.0 Å². The number of hydrogen-bond acceptors (Lipinski definition) is 9. The lowest BCUT2D eigenvalue weighted by Gasteiger charge is -2.41. The second kappa shape index (κ2) is 9.95. The second-order valence-electron chi connectivity index (χ2n) is 10.4. The summed E-state index contributed by atoms with van der Waals surface area (Å²) in [6.07, 6.45) is 0.888. The molecule has 4 rings (SSSR count). The molecule has 34 heavy (non-hydrogen) atoms. The SMILES string of the molecule is CNC(=O)O[C@@H]1[C@H]2OC(C)(C)O[C@H]2O[C@@H]1CN1CCC(C)(NCC(=O)N2CCC[C@H]2C#N)CC1. The van der Waals surface area contributed by atoms with Crippen LogP contribution in [0.4, 0.5) is 4.79 Å². The molecule has 0 unspecified atom stereocenters. The number of ether oxygens (including phenoxy) is 4. The van der Waals surface area contributed by atoms with Crippen LogP contribution in [0.5, 0.6) is 0 Å². The Morgan fingerprint density at radius 3 is 2.59 bits per heavy atom. The number of amides is 2. The lowest BCUT2D eigenvalue weighted by Crippen LogP contribution is -2.55. The Balaban J connectivity index is 1.28. The van der Waals surface area contributed by atoms with Gasteiger partial charge in [0.05, 0.1) is 12.6 Å². The molecule has 0 aromatic carbocycles. The second-order valence-corrected chi connectivity index (χ2v) is 10.4. The molecule has 11 heteroatoms. The zero-order valence-corrected chi connectivity index (χ0v) is 20.5. The maximum absolute atomic E-state index is 12.6. The first-order chi connectivity index (χ1) is 16.1. The van der Waals surface area contributed by atoms with E-state index < -0.39 is 30.4 Å². The van der Waals surface area contributed by atoms with E-state index in [-0.39, 0.29) is 30.1 Å². The summed E-state index contributed by atoms with van der Waals surface area (Å²) in [5.41, 5.74) is -0.157. The van der Waals surface area contributed by atoms with Crippen LogP contribution >= 0.6 is 0 Å². The van der Waals surface area contributed by atoms with Gasteiger partial charge in [0.25, 0.3) is 0 Å². The molecule has 4 aliphatic rings. The van der Waals surface area contributed by atoms with Crippen LogP contribution in [-0.2, 0) is 23.7 Å². The van der Waals surface area contributed by atoms with Gasteiger partial charge < -0.3 is 39.4 Å². The van der Waals surface area contributed by atoms with E-state index in [9.17, 15) is 14.9 Å². The standard InChI is InChI=1S/C23H37N5O6/c1-22(2)33-19-18(32-21(30)25-4)16(31-20(19)34-22)14-27-10-7-23(3,8-11-27)26-13-17(29)28-9-5-6-15(28)12-24/h15-16,18-20,26H,5-11,13-14H2,1-4H3,(H,25,30)/t15-,16+,18-,19+,20+/m0/s1. The zero-order valence-electron chi connectivity index (χ0n) is 20.5. The summed E-state index contributed by atoms with van der Waals surface area (Å²) < 4.78 is 23.5. The van der Waals surface area contributed by atoms with Crippen molar-refractivity contribution in [1.29, 1.82) is 5.26 Å². The molecule has 4 saturated heterocycles. The number of nitriles is 1. The highest BCUT2D eigenvalue weighted by atomic mass is 16.8. The number of carbonyl (C=O) groups excluding carboxylic acids is 2. The van der Waals surface area contributed by atoms with Gasteiger partial charge in [-0.2, -0.15) is 5.26 Å². The van der Waals surface area contributed by atoms with Crippen LogP contribution in [-0.4, -0.2) is 104 Å². The number of piperidine rings is 1. The Bertz CT molecular complexity index is 808. The van der Waals surface area contributed by atoms with Crippen molar-refractivity contribution in [3.05, 3.63) is 0 Å². The Kier molecular flexibility index (Phi) is 7.36. The van der Waals surface area contributed by atoms with E-state index in [2.05, 4.69) is 28.5 Å². The summed E-state index contributed by atoms with van der Waals surface area (Å²) >= 11 is 0. The minimum atomic E-state index is -0.789. The molecule has 0 aliphatic carbocycles.